The summed E-state index contributed by atoms with van der Waals surface area (Å²) in [4.78, 5) is 0. The zero-order chi connectivity index (χ0) is 10.1. The Bertz CT molecular complexity index is 402. The van der Waals surface area contributed by atoms with Gasteiger partial charge in [-0.3, -0.25) is 0 Å². The first-order valence-corrected chi connectivity index (χ1v) is 4.47. The predicted molar refractivity (Wildman–Crippen MR) is 63.7 cm³/mol. The van der Waals surface area contributed by atoms with E-state index in [0.717, 1.165) is 28.2 Å². The van der Waals surface area contributed by atoms with Gasteiger partial charge in [0.05, 0.1) is 14.2 Å². The van der Waals surface area contributed by atoms with Crippen LogP contribution >= 0.6 is 12.4 Å². The second-order valence-corrected chi connectivity index (χ2v) is 3.13. The Labute approximate surface area is 95.3 Å². The van der Waals surface area contributed by atoms with E-state index in [1.54, 1.807) is 14.2 Å². The van der Waals surface area contributed by atoms with Crippen molar-refractivity contribution in [2.75, 3.05) is 20.8 Å². The fraction of sp³-hybridized carbons (Fsp3) is 0.273. The number of hydrogen-bond acceptors (Lipinski definition) is 3. The molecule has 82 valence electrons. The Kier molecular flexibility index (Phi) is 3.61. The Morgan fingerprint density at radius 3 is 2.27 bits per heavy atom. The topological polar surface area (TPSA) is 44.5 Å². The molecule has 0 radical (unpaired) electrons. The molecule has 3 nitrogen and oxygen atoms in total. The van der Waals surface area contributed by atoms with Gasteiger partial charge in [0.25, 0.3) is 0 Å². The first kappa shape index (κ1) is 11.9. The molecule has 0 bridgehead atoms. The van der Waals surface area contributed by atoms with Crippen LogP contribution in [0.25, 0.3) is 11.6 Å². The fourth-order valence-corrected chi connectivity index (χ4v) is 1.73. The van der Waals surface area contributed by atoms with Crippen molar-refractivity contribution in [3.8, 4) is 11.5 Å². The van der Waals surface area contributed by atoms with Crippen LogP contribution < -0.4 is 15.2 Å². The Hall–Kier alpha value is -1.19. The molecule has 0 aromatic heterocycles. The zero-order valence-electron chi connectivity index (χ0n) is 8.74. The standard InChI is InChI=1S/C11H13NO2.ClH/c1-13-9-3-4-10(14-2)11-7(6-12)5-8(9)11;/h3-5H,6,12H2,1-2H3;1H. The highest BCUT2D eigenvalue weighted by molar-refractivity contribution is 6.00. The van der Waals surface area contributed by atoms with E-state index >= 15 is 0 Å². The number of hydrogen-bond donors (Lipinski definition) is 1. The summed E-state index contributed by atoms with van der Waals surface area (Å²) in [7, 11) is 3.32. The van der Waals surface area contributed by atoms with Gasteiger partial charge in [0.1, 0.15) is 11.5 Å². The van der Waals surface area contributed by atoms with Crippen LogP contribution in [-0.2, 0) is 0 Å². The SMILES string of the molecule is COc1ccc(OC)c2c1C=C2CN.Cl. The average molecular weight is 228 g/mol. The molecule has 0 unspecified atom stereocenters. The maximum Gasteiger partial charge on any atom is 0.127 e. The van der Waals surface area contributed by atoms with Gasteiger partial charge in [-0.2, -0.15) is 0 Å². The molecular weight excluding hydrogens is 214 g/mol. The summed E-state index contributed by atoms with van der Waals surface area (Å²) in [6.45, 7) is 0.538. The van der Waals surface area contributed by atoms with Crippen molar-refractivity contribution in [3.63, 3.8) is 0 Å². The smallest absolute Gasteiger partial charge is 0.127 e. The lowest BCUT2D eigenvalue weighted by atomic mass is 9.87. The molecule has 1 aromatic rings. The van der Waals surface area contributed by atoms with Gasteiger partial charge in [0, 0.05) is 17.7 Å². The number of rotatable bonds is 3. The van der Waals surface area contributed by atoms with Gasteiger partial charge >= 0.3 is 0 Å². The lowest BCUT2D eigenvalue weighted by Crippen LogP contribution is -2.12. The molecule has 0 spiro atoms. The van der Waals surface area contributed by atoms with Crippen molar-refractivity contribution in [3.05, 3.63) is 23.3 Å². The van der Waals surface area contributed by atoms with Gasteiger partial charge < -0.3 is 15.2 Å². The number of halogens is 1. The van der Waals surface area contributed by atoms with Gasteiger partial charge in [0.2, 0.25) is 0 Å². The molecule has 1 aliphatic carbocycles. The largest absolute Gasteiger partial charge is 0.496 e. The van der Waals surface area contributed by atoms with Crippen LogP contribution in [0.15, 0.2) is 12.1 Å². The van der Waals surface area contributed by atoms with E-state index in [0.29, 0.717) is 6.54 Å². The molecule has 15 heavy (non-hydrogen) atoms. The van der Waals surface area contributed by atoms with E-state index in [1.165, 1.54) is 0 Å². The molecule has 0 saturated heterocycles. The third-order valence-corrected chi connectivity index (χ3v) is 2.47. The Morgan fingerprint density at radius 1 is 1.13 bits per heavy atom. The van der Waals surface area contributed by atoms with Crippen LogP contribution in [-0.4, -0.2) is 20.8 Å². The second-order valence-electron chi connectivity index (χ2n) is 3.13. The monoisotopic (exact) mass is 227 g/mol. The summed E-state index contributed by atoms with van der Waals surface area (Å²) < 4.78 is 10.5. The summed E-state index contributed by atoms with van der Waals surface area (Å²) in [6.07, 6.45) is 2.04. The average Bonchev–Trinajstić information content (AvgIpc) is 2.19. The Balaban J connectivity index is 0.00000112. The van der Waals surface area contributed by atoms with Crippen molar-refractivity contribution in [1.82, 2.24) is 0 Å². The van der Waals surface area contributed by atoms with Crippen LogP contribution in [0.2, 0.25) is 0 Å². The highest BCUT2D eigenvalue weighted by atomic mass is 35.5. The van der Waals surface area contributed by atoms with E-state index < -0.39 is 0 Å². The summed E-state index contributed by atoms with van der Waals surface area (Å²) in [5.74, 6) is 1.74. The van der Waals surface area contributed by atoms with E-state index in [2.05, 4.69) is 0 Å². The van der Waals surface area contributed by atoms with Gasteiger partial charge in [-0.05, 0) is 23.8 Å². The molecule has 4 heteroatoms. The van der Waals surface area contributed by atoms with E-state index in [4.69, 9.17) is 15.2 Å². The predicted octanol–water partition coefficient (Wildman–Crippen LogP) is 1.94. The molecule has 0 atom stereocenters. The third-order valence-electron chi connectivity index (χ3n) is 2.47. The van der Waals surface area contributed by atoms with Crippen LogP contribution in [0.1, 0.15) is 11.1 Å². The molecule has 0 heterocycles. The maximum absolute atomic E-state index is 5.60. The highest BCUT2D eigenvalue weighted by Gasteiger charge is 2.23. The quantitative estimate of drug-likeness (QED) is 0.859. The van der Waals surface area contributed by atoms with Crippen LogP contribution in [0.4, 0.5) is 0 Å². The minimum atomic E-state index is 0. The molecule has 0 amide bonds. The summed E-state index contributed by atoms with van der Waals surface area (Å²) >= 11 is 0. The molecule has 2 rings (SSSR count). The molecule has 1 aromatic carbocycles. The minimum absolute atomic E-state index is 0. The van der Waals surface area contributed by atoms with Gasteiger partial charge in [-0.1, -0.05) is 0 Å². The molecule has 1 aliphatic rings. The van der Waals surface area contributed by atoms with E-state index in [9.17, 15) is 0 Å². The van der Waals surface area contributed by atoms with E-state index in [-0.39, 0.29) is 12.4 Å². The first-order valence-electron chi connectivity index (χ1n) is 4.47. The van der Waals surface area contributed by atoms with Crippen molar-refractivity contribution in [2.45, 2.75) is 0 Å². The van der Waals surface area contributed by atoms with Crippen molar-refractivity contribution >= 4 is 24.1 Å². The second kappa shape index (κ2) is 4.55. The summed E-state index contributed by atoms with van der Waals surface area (Å²) in [5.41, 5.74) is 8.90. The molecule has 2 N–H and O–H groups in total. The molecule has 0 fully saturated rings. The minimum Gasteiger partial charge on any atom is -0.496 e. The maximum atomic E-state index is 5.60. The third kappa shape index (κ3) is 1.68. The normalized spacial score (nSPS) is 11.8. The van der Waals surface area contributed by atoms with Crippen molar-refractivity contribution < 1.29 is 9.47 Å². The fourth-order valence-electron chi connectivity index (χ4n) is 1.73. The molecule has 0 saturated carbocycles. The number of fused-ring (bicyclic) bond motifs is 1. The van der Waals surface area contributed by atoms with Crippen LogP contribution in [0.5, 0.6) is 11.5 Å². The van der Waals surface area contributed by atoms with Gasteiger partial charge in [-0.25, -0.2) is 0 Å². The van der Waals surface area contributed by atoms with Crippen LogP contribution in [0.3, 0.4) is 0 Å². The molecule has 0 aliphatic heterocycles. The number of ether oxygens (including phenoxy) is 2. The van der Waals surface area contributed by atoms with Gasteiger partial charge in [0.15, 0.2) is 0 Å². The zero-order valence-corrected chi connectivity index (χ0v) is 9.56. The van der Waals surface area contributed by atoms with E-state index in [1.807, 2.05) is 18.2 Å². The lowest BCUT2D eigenvalue weighted by Gasteiger charge is -2.23. The number of nitrogens with two attached hydrogens (primary N) is 1. The van der Waals surface area contributed by atoms with Crippen molar-refractivity contribution in [2.24, 2.45) is 5.73 Å². The first-order chi connectivity index (χ1) is 6.81. The summed E-state index contributed by atoms with van der Waals surface area (Å²) in [6, 6.07) is 3.81. The number of benzene rings is 1. The van der Waals surface area contributed by atoms with Crippen LogP contribution in [0, 0.1) is 0 Å². The Morgan fingerprint density at radius 2 is 1.73 bits per heavy atom. The summed E-state index contributed by atoms with van der Waals surface area (Å²) in [5, 5.41) is 0. The van der Waals surface area contributed by atoms with Crippen molar-refractivity contribution in [1.29, 1.82) is 0 Å². The van der Waals surface area contributed by atoms with Gasteiger partial charge in [-0.15, -0.1) is 12.4 Å². The number of methoxy groups -OCH3 is 2. The lowest BCUT2D eigenvalue weighted by molar-refractivity contribution is 0.400. The molecular formula is C11H14ClNO2. The highest BCUT2D eigenvalue weighted by Crippen LogP contribution is 2.43.